The predicted octanol–water partition coefficient (Wildman–Crippen LogP) is 10.0. The second-order valence-corrected chi connectivity index (χ2v) is 10.4. The lowest BCUT2D eigenvalue weighted by molar-refractivity contribution is 0.0723. The highest BCUT2D eigenvalue weighted by atomic mass is 16.5. The zero-order valence-electron chi connectivity index (χ0n) is 24.5. The van der Waals surface area contributed by atoms with Gasteiger partial charge in [0.05, 0.1) is 0 Å². The zero-order chi connectivity index (χ0) is 31.3. The minimum absolute atomic E-state index is 0.269. The summed E-state index contributed by atoms with van der Waals surface area (Å²) in [5, 5.41) is 2.42. The minimum Gasteiger partial charge on any atom is -0.456 e. The molecular weight excluding hydrogens is 576 g/mol. The Morgan fingerprint density at radius 3 is 1.02 bits per heavy atom. The highest BCUT2D eigenvalue weighted by Gasteiger charge is 2.24. The summed E-state index contributed by atoms with van der Waals surface area (Å²) in [6, 6.07) is 47.1. The average Bonchev–Trinajstić information content (AvgIpc) is 3.11. The largest absolute Gasteiger partial charge is 0.456 e. The third-order valence-corrected chi connectivity index (χ3v) is 7.38. The third-order valence-electron chi connectivity index (χ3n) is 7.38. The fourth-order valence-electron chi connectivity index (χ4n) is 5.24. The van der Waals surface area contributed by atoms with Gasteiger partial charge in [-0.15, -0.1) is 0 Å². The molecule has 0 fully saturated rings. The van der Waals surface area contributed by atoms with Gasteiger partial charge >= 0.3 is 11.9 Å². The number of fused-ring (bicyclic) bond motifs is 2. The van der Waals surface area contributed by atoms with E-state index in [0.717, 1.165) is 0 Å². The molecule has 7 aromatic rings. The van der Waals surface area contributed by atoms with Crippen LogP contribution >= 0.6 is 0 Å². The van der Waals surface area contributed by atoms with E-state index in [0.29, 0.717) is 56.0 Å². The summed E-state index contributed by atoms with van der Waals surface area (Å²) in [5.74, 6) is 1.46. The van der Waals surface area contributed by atoms with Gasteiger partial charge in [-0.3, -0.25) is 0 Å². The first kappa shape index (κ1) is 28.4. The number of rotatable bonds is 8. The van der Waals surface area contributed by atoms with Gasteiger partial charge in [-0.1, -0.05) is 109 Å². The van der Waals surface area contributed by atoms with Crippen LogP contribution in [0.3, 0.4) is 0 Å². The fourth-order valence-corrected chi connectivity index (χ4v) is 5.24. The quantitative estimate of drug-likeness (QED) is 0.0979. The van der Waals surface area contributed by atoms with E-state index in [1.54, 1.807) is 48.5 Å². The van der Waals surface area contributed by atoms with Crippen LogP contribution in [-0.4, -0.2) is 11.9 Å². The van der Waals surface area contributed by atoms with Crippen molar-refractivity contribution in [1.29, 1.82) is 0 Å². The van der Waals surface area contributed by atoms with Crippen molar-refractivity contribution in [2.75, 3.05) is 0 Å². The minimum atomic E-state index is -0.585. The average molecular weight is 603 g/mol. The van der Waals surface area contributed by atoms with E-state index in [-0.39, 0.29) is 11.1 Å². The number of benzene rings is 7. The molecule has 0 N–H and O–H groups in total. The number of hydrogen-bond acceptors (Lipinski definition) is 6. The molecule has 0 amide bonds. The summed E-state index contributed by atoms with van der Waals surface area (Å²) in [6.45, 7) is 0. The van der Waals surface area contributed by atoms with Crippen molar-refractivity contribution in [1.82, 2.24) is 0 Å². The van der Waals surface area contributed by atoms with Crippen LogP contribution in [0.25, 0.3) is 21.5 Å². The summed E-state index contributed by atoms with van der Waals surface area (Å²) < 4.78 is 24.4. The van der Waals surface area contributed by atoms with Crippen LogP contribution in [0.1, 0.15) is 20.7 Å². The van der Waals surface area contributed by atoms with Gasteiger partial charge in [0.1, 0.15) is 45.6 Å². The van der Waals surface area contributed by atoms with Gasteiger partial charge in [0.15, 0.2) is 0 Å². The number of para-hydroxylation sites is 4. The van der Waals surface area contributed by atoms with Crippen LogP contribution in [0.15, 0.2) is 158 Å². The molecular formula is C40H26O6. The zero-order valence-corrected chi connectivity index (χ0v) is 24.5. The van der Waals surface area contributed by atoms with Crippen LogP contribution in [0, 0.1) is 0 Å². The monoisotopic (exact) mass is 602 g/mol. The molecule has 0 heterocycles. The van der Waals surface area contributed by atoms with Gasteiger partial charge in [-0.05, 0) is 48.5 Å². The highest BCUT2D eigenvalue weighted by molar-refractivity contribution is 6.14. The molecule has 6 nitrogen and oxygen atoms in total. The topological polar surface area (TPSA) is 71.1 Å². The first-order chi connectivity index (χ1) is 22.7. The van der Waals surface area contributed by atoms with Gasteiger partial charge in [-0.25, -0.2) is 9.59 Å². The van der Waals surface area contributed by atoms with E-state index in [2.05, 4.69) is 0 Å². The molecule has 6 heteroatoms. The van der Waals surface area contributed by atoms with Gasteiger partial charge < -0.3 is 18.9 Å². The number of carbonyl (C=O) groups is 2. The number of carbonyl (C=O) groups excluding carboxylic acids is 2. The molecule has 0 saturated carbocycles. The summed E-state index contributed by atoms with van der Waals surface area (Å²) in [6.07, 6.45) is 0. The Morgan fingerprint density at radius 2 is 0.652 bits per heavy atom. The number of esters is 2. The Morgan fingerprint density at radius 1 is 0.348 bits per heavy atom. The van der Waals surface area contributed by atoms with Crippen LogP contribution in [0.4, 0.5) is 0 Å². The number of hydrogen-bond donors (Lipinski definition) is 0. The van der Waals surface area contributed by atoms with E-state index in [1.165, 1.54) is 0 Å². The lowest BCUT2D eigenvalue weighted by atomic mass is 10.0. The van der Waals surface area contributed by atoms with E-state index in [1.807, 2.05) is 109 Å². The predicted molar refractivity (Wildman–Crippen MR) is 177 cm³/mol. The van der Waals surface area contributed by atoms with Crippen molar-refractivity contribution >= 4 is 33.5 Å². The first-order valence-electron chi connectivity index (χ1n) is 14.7. The molecule has 7 aromatic carbocycles. The van der Waals surface area contributed by atoms with Crippen molar-refractivity contribution in [3.8, 4) is 34.5 Å². The molecule has 0 saturated heterocycles. The fraction of sp³-hybridized carbons (Fsp3) is 0. The molecule has 0 radical (unpaired) electrons. The molecule has 0 aliphatic heterocycles. The number of ether oxygens (including phenoxy) is 4. The van der Waals surface area contributed by atoms with E-state index < -0.39 is 11.9 Å². The van der Waals surface area contributed by atoms with Gasteiger partial charge in [-0.2, -0.15) is 0 Å². The second kappa shape index (κ2) is 12.7. The SMILES string of the molecule is O=C(Oc1c2ccccc2c(OC(=O)c2ccccc2Oc2ccccc2)c2ccccc12)c1ccccc1Oc1ccccc1. The lowest BCUT2D eigenvalue weighted by Crippen LogP contribution is -2.12. The van der Waals surface area contributed by atoms with Crippen LogP contribution in [0.5, 0.6) is 34.5 Å². The maximum Gasteiger partial charge on any atom is 0.347 e. The molecule has 222 valence electrons. The third kappa shape index (κ3) is 5.75. The summed E-state index contributed by atoms with van der Waals surface area (Å²) in [4.78, 5) is 27.5. The van der Waals surface area contributed by atoms with Gasteiger partial charge in [0, 0.05) is 21.5 Å². The van der Waals surface area contributed by atoms with Crippen LogP contribution < -0.4 is 18.9 Å². The highest BCUT2D eigenvalue weighted by Crippen LogP contribution is 2.44. The van der Waals surface area contributed by atoms with Crippen molar-refractivity contribution in [2.24, 2.45) is 0 Å². The molecule has 0 atom stereocenters. The maximum absolute atomic E-state index is 13.7. The van der Waals surface area contributed by atoms with Crippen LogP contribution in [-0.2, 0) is 0 Å². The molecule has 0 aliphatic rings. The molecule has 7 rings (SSSR count). The normalized spacial score (nSPS) is 10.8. The van der Waals surface area contributed by atoms with Gasteiger partial charge in [0.2, 0.25) is 0 Å². The van der Waals surface area contributed by atoms with Crippen molar-refractivity contribution in [3.05, 3.63) is 169 Å². The summed E-state index contributed by atoms with van der Waals surface area (Å²) >= 11 is 0. The van der Waals surface area contributed by atoms with Gasteiger partial charge in [0.25, 0.3) is 0 Å². The van der Waals surface area contributed by atoms with E-state index in [9.17, 15) is 9.59 Å². The molecule has 0 aromatic heterocycles. The Bertz CT molecular complexity index is 1980. The summed E-state index contributed by atoms with van der Waals surface area (Å²) in [5.41, 5.74) is 0.537. The van der Waals surface area contributed by atoms with Crippen molar-refractivity contribution in [2.45, 2.75) is 0 Å². The smallest absolute Gasteiger partial charge is 0.347 e. The molecule has 0 aliphatic carbocycles. The molecule has 0 bridgehead atoms. The maximum atomic E-state index is 13.7. The standard InChI is InChI=1S/C40H26O6/c41-39(33-23-11-13-25-35(33)43-27-15-3-1-4-16-27)45-37-29-19-7-9-21-31(29)38(32-22-10-8-20-30(32)37)46-40(42)34-24-12-14-26-36(34)44-28-17-5-2-6-18-28/h1-26H. The molecule has 46 heavy (non-hydrogen) atoms. The Balaban J connectivity index is 1.27. The van der Waals surface area contributed by atoms with Crippen LogP contribution in [0.2, 0.25) is 0 Å². The van der Waals surface area contributed by atoms with E-state index >= 15 is 0 Å². The van der Waals surface area contributed by atoms with Crippen molar-refractivity contribution in [3.63, 3.8) is 0 Å². The summed E-state index contributed by atoms with van der Waals surface area (Å²) in [7, 11) is 0. The second-order valence-electron chi connectivity index (χ2n) is 10.4. The Kier molecular flexibility index (Phi) is 7.82. The Labute approximate surface area is 265 Å². The Hall–Kier alpha value is -6.40. The van der Waals surface area contributed by atoms with Crippen molar-refractivity contribution < 1.29 is 28.5 Å². The first-order valence-corrected chi connectivity index (χ1v) is 14.7. The molecule has 0 unspecified atom stereocenters. The van der Waals surface area contributed by atoms with E-state index in [4.69, 9.17) is 18.9 Å². The lowest BCUT2D eigenvalue weighted by Gasteiger charge is -2.17. The molecule has 0 spiro atoms.